The fourth-order valence-corrected chi connectivity index (χ4v) is 1.52. The van der Waals surface area contributed by atoms with E-state index in [0.717, 1.165) is 12.3 Å². The van der Waals surface area contributed by atoms with Gasteiger partial charge in [0.15, 0.2) is 0 Å². The van der Waals surface area contributed by atoms with Crippen molar-refractivity contribution < 1.29 is 14.3 Å². The predicted octanol–water partition coefficient (Wildman–Crippen LogP) is 2.53. The molecule has 0 spiro atoms. The normalized spacial score (nSPS) is 9.68. The molecule has 1 aromatic heterocycles. The molecule has 1 heterocycles. The van der Waals surface area contributed by atoms with Crippen molar-refractivity contribution in [2.75, 3.05) is 5.32 Å². The van der Waals surface area contributed by atoms with Gasteiger partial charge in [-0.3, -0.25) is 0 Å². The van der Waals surface area contributed by atoms with Crippen molar-refractivity contribution in [3.8, 4) is 6.07 Å². The first-order chi connectivity index (χ1) is 9.11. The first-order valence-corrected chi connectivity index (χ1v) is 5.27. The molecule has 0 fully saturated rings. The number of carboxylic acids is 1. The van der Waals surface area contributed by atoms with Crippen molar-refractivity contribution in [3.63, 3.8) is 0 Å². The molecular formula is C13H8FN3O2. The molecule has 2 N–H and O–H groups in total. The van der Waals surface area contributed by atoms with E-state index >= 15 is 0 Å². The van der Waals surface area contributed by atoms with Crippen molar-refractivity contribution in [1.29, 1.82) is 5.26 Å². The molecule has 19 heavy (non-hydrogen) atoms. The van der Waals surface area contributed by atoms with Gasteiger partial charge < -0.3 is 10.4 Å². The Balaban J connectivity index is 2.44. The van der Waals surface area contributed by atoms with Gasteiger partial charge in [-0.2, -0.15) is 5.26 Å². The van der Waals surface area contributed by atoms with Gasteiger partial charge in [0.25, 0.3) is 0 Å². The summed E-state index contributed by atoms with van der Waals surface area (Å²) in [5.41, 5.74) is 0.448. The number of nitriles is 1. The molecule has 94 valence electrons. The molecule has 0 aliphatic rings. The van der Waals surface area contributed by atoms with Crippen LogP contribution in [0.3, 0.4) is 0 Å². The molecule has 2 rings (SSSR count). The summed E-state index contributed by atoms with van der Waals surface area (Å²) < 4.78 is 13.0. The third-order valence-corrected chi connectivity index (χ3v) is 2.39. The minimum atomic E-state index is -1.30. The Morgan fingerprint density at radius 1 is 1.42 bits per heavy atom. The Bertz CT molecular complexity index is 680. The van der Waals surface area contributed by atoms with Crippen molar-refractivity contribution >= 4 is 17.5 Å². The van der Waals surface area contributed by atoms with Crippen LogP contribution < -0.4 is 5.32 Å². The Kier molecular flexibility index (Phi) is 3.39. The van der Waals surface area contributed by atoms with E-state index in [9.17, 15) is 9.18 Å². The number of aromatic carboxylic acids is 1. The zero-order valence-corrected chi connectivity index (χ0v) is 9.59. The highest BCUT2D eigenvalue weighted by Crippen LogP contribution is 2.22. The van der Waals surface area contributed by atoms with E-state index in [2.05, 4.69) is 10.3 Å². The van der Waals surface area contributed by atoms with E-state index in [0.29, 0.717) is 11.3 Å². The van der Waals surface area contributed by atoms with Gasteiger partial charge in [-0.1, -0.05) is 12.1 Å². The predicted molar refractivity (Wildman–Crippen MR) is 65.6 cm³/mol. The number of halogens is 1. The molecule has 0 saturated carbocycles. The SMILES string of the molecule is N#Cc1ccccc1Nc1ncc(F)cc1C(=O)O. The molecule has 0 aliphatic heterocycles. The number of benzene rings is 1. The number of rotatable bonds is 3. The maximum atomic E-state index is 13.0. The Morgan fingerprint density at radius 3 is 2.84 bits per heavy atom. The van der Waals surface area contributed by atoms with Crippen LogP contribution in [0, 0.1) is 17.1 Å². The second kappa shape index (κ2) is 5.14. The second-order valence-electron chi connectivity index (χ2n) is 3.64. The van der Waals surface area contributed by atoms with Crippen LogP contribution >= 0.6 is 0 Å². The van der Waals surface area contributed by atoms with Gasteiger partial charge in [0.2, 0.25) is 0 Å². The molecule has 5 nitrogen and oxygen atoms in total. The topological polar surface area (TPSA) is 86.0 Å². The van der Waals surface area contributed by atoms with Crippen LogP contribution in [-0.2, 0) is 0 Å². The first-order valence-electron chi connectivity index (χ1n) is 5.27. The molecule has 0 bridgehead atoms. The number of carboxylic acid groups (broad SMARTS) is 1. The summed E-state index contributed by atoms with van der Waals surface area (Å²) in [5, 5.41) is 20.6. The van der Waals surface area contributed by atoms with Crippen LogP contribution in [0.1, 0.15) is 15.9 Å². The molecule has 6 heteroatoms. The van der Waals surface area contributed by atoms with Crippen LogP contribution in [-0.4, -0.2) is 16.1 Å². The van der Waals surface area contributed by atoms with Gasteiger partial charge >= 0.3 is 5.97 Å². The Morgan fingerprint density at radius 2 is 2.16 bits per heavy atom. The summed E-state index contributed by atoms with van der Waals surface area (Å²) in [6, 6.07) is 9.38. The molecule has 0 saturated heterocycles. The zero-order chi connectivity index (χ0) is 13.8. The monoisotopic (exact) mass is 257 g/mol. The largest absolute Gasteiger partial charge is 0.478 e. The van der Waals surface area contributed by atoms with Gasteiger partial charge in [0.1, 0.15) is 23.3 Å². The third-order valence-electron chi connectivity index (χ3n) is 2.39. The fourth-order valence-electron chi connectivity index (χ4n) is 1.52. The number of hydrogen-bond donors (Lipinski definition) is 2. The van der Waals surface area contributed by atoms with Crippen LogP contribution in [0.25, 0.3) is 0 Å². The number of pyridine rings is 1. The van der Waals surface area contributed by atoms with Crippen molar-refractivity contribution in [3.05, 3.63) is 53.5 Å². The van der Waals surface area contributed by atoms with Gasteiger partial charge in [-0.15, -0.1) is 0 Å². The summed E-state index contributed by atoms with van der Waals surface area (Å²) in [6.45, 7) is 0. The molecule has 0 unspecified atom stereocenters. The lowest BCUT2D eigenvalue weighted by Crippen LogP contribution is -2.06. The van der Waals surface area contributed by atoms with Crippen LogP contribution in [0.4, 0.5) is 15.9 Å². The van der Waals surface area contributed by atoms with E-state index < -0.39 is 11.8 Å². The molecule has 0 radical (unpaired) electrons. The average molecular weight is 257 g/mol. The number of hydrogen-bond acceptors (Lipinski definition) is 4. The molecule has 2 aromatic rings. The number of nitrogens with zero attached hydrogens (tertiary/aromatic N) is 2. The van der Waals surface area contributed by atoms with E-state index in [1.807, 2.05) is 6.07 Å². The third kappa shape index (κ3) is 2.66. The molecular weight excluding hydrogens is 249 g/mol. The minimum Gasteiger partial charge on any atom is -0.478 e. The van der Waals surface area contributed by atoms with E-state index in [1.54, 1.807) is 24.3 Å². The van der Waals surface area contributed by atoms with E-state index in [4.69, 9.17) is 10.4 Å². The highest BCUT2D eigenvalue weighted by atomic mass is 19.1. The maximum Gasteiger partial charge on any atom is 0.339 e. The highest BCUT2D eigenvalue weighted by Gasteiger charge is 2.14. The van der Waals surface area contributed by atoms with E-state index in [1.165, 1.54) is 0 Å². The van der Waals surface area contributed by atoms with Crippen LogP contribution in [0.5, 0.6) is 0 Å². The van der Waals surface area contributed by atoms with Gasteiger partial charge in [-0.25, -0.2) is 14.2 Å². The van der Waals surface area contributed by atoms with Gasteiger partial charge in [0.05, 0.1) is 17.4 Å². The average Bonchev–Trinajstić information content (AvgIpc) is 2.41. The lowest BCUT2D eigenvalue weighted by atomic mass is 10.2. The van der Waals surface area contributed by atoms with Crippen LogP contribution in [0.2, 0.25) is 0 Å². The lowest BCUT2D eigenvalue weighted by Gasteiger charge is -2.09. The lowest BCUT2D eigenvalue weighted by molar-refractivity contribution is 0.0697. The number of anilines is 2. The maximum absolute atomic E-state index is 13.0. The standard InChI is InChI=1S/C13H8FN3O2/c14-9-5-10(13(18)19)12(16-7-9)17-11-4-2-1-3-8(11)6-15/h1-5,7H,(H,16,17)(H,18,19). The summed E-state index contributed by atoms with van der Waals surface area (Å²) in [7, 11) is 0. The smallest absolute Gasteiger partial charge is 0.339 e. The van der Waals surface area contributed by atoms with Crippen molar-refractivity contribution in [2.45, 2.75) is 0 Å². The van der Waals surface area contributed by atoms with Crippen molar-refractivity contribution in [2.24, 2.45) is 0 Å². The van der Waals surface area contributed by atoms with Gasteiger partial charge in [0, 0.05) is 0 Å². The van der Waals surface area contributed by atoms with Crippen molar-refractivity contribution in [1.82, 2.24) is 4.98 Å². The Hall–Kier alpha value is -2.94. The summed E-state index contributed by atoms with van der Waals surface area (Å²) in [4.78, 5) is 14.7. The number of para-hydroxylation sites is 1. The fraction of sp³-hybridized carbons (Fsp3) is 0. The number of carbonyl (C=O) groups is 1. The summed E-state index contributed by atoms with van der Waals surface area (Å²) in [5.74, 6) is -2.06. The zero-order valence-electron chi connectivity index (χ0n) is 9.59. The minimum absolute atomic E-state index is 0.0170. The van der Waals surface area contributed by atoms with Crippen LogP contribution in [0.15, 0.2) is 36.5 Å². The highest BCUT2D eigenvalue weighted by molar-refractivity contribution is 5.94. The summed E-state index contributed by atoms with van der Waals surface area (Å²) in [6.07, 6.45) is 0.907. The quantitative estimate of drug-likeness (QED) is 0.882. The summed E-state index contributed by atoms with van der Waals surface area (Å²) >= 11 is 0. The molecule has 0 atom stereocenters. The van der Waals surface area contributed by atoms with Gasteiger partial charge in [-0.05, 0) is 18.2 Å². The van der Waals surface area contributed by atoms with E-state index in [-0.39, 0.29) is 11.4 Å². The molecule has 1 aromatic carbocycles. The molecule has 0 amide bonds. The number of nitrogens with one attached hydrogen (secondary N) is 1. The Labute approximate surface area is 108 Å². The first kappa shape index (κ1) is 12.5. The molecule has 0 aliphatic carbocycles. The number of aromatic nitrogens is 1. The second-order valence-corrected chi connectivity index (χ2v) is 3.64.